The first-order valence-electron chi connectivity index (χ1n) is 6.76. The van der Waals surface area contributed by atoms with E-state index in [1.807, 2.05) is 19.9 Å². The van der Waals surface area contributed by atoms with Crippen LogP contribution in [0.1, 0.15) is 11.1 Å². The first-order valence-corrected chi connectivity index (χ1v) is 10.1. The van der Waals surface area contributed by atoms with E-state index in [0.717, 1.165) is 11.3 Å². The van der Waals surface area contributed by atoms with Gasteiger partial charge in [0.1, 0.15) is 23.0 Å². The summed E-state index contributed by atoms with van der Waals surface area (Å²) in [5.41, 5.74) is 3.36. The molecule has 0 amide bonds. The lowest BCUT2D eigenvalue weighted by Gasteiger charge is -2.19. The number of hydrogen-bond acceptors (Lipinski definition) is 6. The van der Waals surface area contributed by atoms with Crippen LogP contribution in [-0.2, 0) is 0 Å². The highest BCUT2D eigenvalue weighted by Gasteiger charge is 2.22. The second kappa shape index (κ2) is 7.39. The van der Waals surface area contributed by atoms with Crippen molar-refractivity contribution in [1.29, 1.82) is 0 Å². The summed E-state index contributed by atoms with van der Waals surface area (Å²) in [6, 6.07) is 5.04. The highest BCUT2D eigenvalue weighted by Crippen LogP contribution is 2.48. The quantitative estimate of drug-likeness (QED) is 0.347. The van der Waals surface area contributed by atoms with Crippen molar-refractivity contribution in [3.63, 3.8) is 0 Å². The predicted molar refractivity (Wildman–Crippen MR) is 103 cm³/mol. The van der Waals surface area contributed by atoms with Crippen LogP contribution in [0.4, 0.5) is 5.69 Å². The number of aromatic hydroxyl groups is 2. The molecule has 0 bridgehead atoms. The van der Waals surface area contributed by atoms with Crippen molar-refractivity contribution < 1.29 is 19.7 Å². The molecule has 2 rings (SSSR count). The summed E-state index contributed by atoms with van der Waals surface area (Å²) < 4.78 is 13.7. The van der Waals surface area contributed by atoms with Crippen LogP contribution in [0.15, 0.2) is 18.2 Å². The van der Waals surface area contributed by atoms with Crippen molar-refractivity contribution in [2.75, 3.05) is 18.9 Å². The minimum Gasteiger partial charge on any atom is -0.507 e. The Kier molecular flexibility index (Phi) is 5.74. The Morgan fingerprint density at radius 3 is 2.30 bits per heavy atom. The van der Waals surface area contributed by atoms with Crippen molar-refractivity contribution >= 4 is 36.0 Å². The number of benzene rings is 2. The number of phenolic OH excluding ortho intramolecular Hbond substituents is 2. The SMILES string of the molecule is COc1cc(O)c(-c2c(C)c(NSI)cc(C)c2O)c(OC)c1. The third kappa shape index (κ3) is 3.40. The van der Waals surface area contributed by atoms with Crippen LogP contribution in [0, 0.1) is 13.8 Å². The largest absolute Gasteiger partial charge is 0.507 e. The third-order valence-electron chi connectivity index (χ3n) is 3.66. The highest BCUT2D eigenvalue weighted by atomic mass is 127. The highest BCUT2D eigenvalue weighted by molar-refractivity contribution is 14.2. The average molecular weight is 447 g/mol. The van der Waals surface area contributed by atoms with Gasteiger partial charge in [0.2, 0.25) is 0 Å². The number of methoxy groups -OCH3 is 2. The van der Waals surface area contributed by atoms with Crippen molar-refractivity contribution in [3.8, 4) is 34.1 Å². The summed E-state index contributed by atoms with van der Waals surface area (Å²) in [7, 11) is 4.46. The predicted octanol–water partition coefficient (Wildman–Crippen LogP) is 4.81. The molecule has 0 aliphatic carbocycles. The molecule has 5 nitrogen and oxygen atoms in total. The zero-order valence-corrected chi connectivity index (χ0v) is 16.2. The lowest BCUT2D eigenvalue weighted by atomic mass is 9.94. The molecular formula is C16H18INO4S. The van der Waals surface area contributed by atoms with Gasteiger partial charge in [0.25, 0.3) is 0 Å². The summed E-state index contributed by atoms with van der Waals surface area (Å²) in [5.74, 6) is 1.01. The van der Waals surface area contributed by atoms with Crippen LogP contribution in [-0.4, -0.2) is 24.4 Å². The van der Waals surface area contributed by atoms with Crippen LogP contribution in [0.5, 0.6) is 23.0 Å². The molecule has 0 aliphatic heterocycles. The van der Waals surface area contributed by atoms with Crippen molar-refractivity contribution in [2.45, 2.75) is 13.8 Å². The Morgan fingerprint density at radius 2 is 1.74 bits per heavy atom. The smallest absolute Gasteiger partial charge is 0.134 e. The number of halogens is 1. The van der Waals surface area contributed by atoms with Gasteiger partial charge < -0.3 is 24.4 Å². The second-order valence-electron chi connectivity index (χ2n) is 4.99. The number of anilines is 1. The molecule has 23 heavy (non-hydrogen) atoms. The molecule has 2 aromatic carbocycles. The van der Waals surface area contributed by atoms with E-state index in [9.17, 15) is 10.2 Å². The maximum Gasteiger partial charge on any atom is 0.134 e. The molecule has 0 aliphatic rings. The third-order valence-corrected chi connectivity index (χ3v) is 4.62. The Balaban J connectivity index is 2.81. The fraction of sp³-hybridized carbons (Fsp3) is 0.250. The van der Waals surface area contributed by atoms with Gasteiger partial charge in [-0.2, -0.15) is 0 Å². The van der Waals surface area contributed by atoms with Gasteiger partial charge in [-0.3, -0.25) is 0 Å². The van der Waals surface area contributed by atoms with E-state index in [1.165, 1.54) is 29.4 Å². The molecule has 0 aromatic heterocycles. The van der Waals surface area contributed by atoms with E-state index in [2.05, 4.69) is 25.9 Å². The Hall–Kier alpha value is -1.48. The topological polar surface area (TPSA) is 71.0 Å². The van der Waals surface area contributed by atoms with Gasteiger partial charge in [-0.25, -0.2) is 0 Å². The maximum atomic E-state index is 10.6. The monoisotopic (exact) mass is 447 g/mol. The Morgan fingerprint density at radius 1 is 1.04 bits per heavy atom. The van der Waals surface area contributed by atoms with Gasteiger partial charge in [-0.05, 0) is 31.0 Å². The van der Waals surface area contributed by atoms with Crippen LogP contribution < -0.4 is 14.2 Å². The zero-order valence-electron chi connectivity index (χ0n) is 13.2. The average Bonchev–Trinajstić information content (AvgIpc) is 2.53. The zero-order chi connectivity index (χ0) is 17.1. The van der Waals surface area contributed by atoms with Crippen LogP contribution in [0.3, 0.4) is 0 Å². The van der Waals surface area contributed by atoms with E-state index in [0.29, 0.717) is 28.2 Å². The fourth-order valence-corrected chi connectivity index (χ4v) is 3.47. The Bertz CT molecular complexity index is 737. The molecule has 0 unspecified atom stereocenters. The Labute approximate surface area is 151 Å². The first kappa shape index (κ1) is 17.9. The van der Waals surface area contributed by atoms with Gasteiger partial charge in [0.05, 0.1) is 19.8 Å². The maximum absolute atomic E-state index is 10.6. The number of ether oxygens (including phenoxy) is 2. The van der Waals surface area contributed by atoms with E-state index >= 15 is 0 Å². The molecule has 0 atom stereocenters. The number of aryl methyl sites for hydroxylation is 1. The normalized spacial score (nSPS) is 10.5. The molecular weight excluding hydrogens is 429 g/mol. The van der Waals surface area contributed by atoms with Crippen molar-refractivity contribution in [2.24, 2.45) is 0 Å². The van der Waals surface area contributed by atoms with Gasteiger partial charge >= 0.3 is 0 Å². The van der Waals surface area contributed by atoms with Crippen LogP contribution in [0.2, 0.25) is 0 Å². The second-order valence-corrected chi connectivity index (χ2v) is 6.67. The fourth-order valence-electron chi connectivity index (χ4n) is 2.46. The van der Waals surface area contributed by atoms with Crippen molar-refractivity contribution in [1.82, 2.24) is 0 Å². The summed E-state index contributed by atoms with van der Waals surface area (Å²) in [6.07, 6.45) is 0. The first-order chi connectivity index (χ1) is 10.9. The molecule has 3 N–H and O–H groups in total. The summed E-state index contributed by atoms with van der Waals surface area (Å²) in [6.45, 7) is 3.70. The summed E-state index contributed by atoms with van der Waals surface area (Å²) in [4.78, 5) is 0. The minimum absolute atomic E-state index is 0.0155. The molecule has 124 valence electrons. The number of nitrogens with one attached hydrogen (secondary N) is 1. The van der Waals surface area contributed by atoms with Gasteiger partial charge in [-0.1, -0.05) is 0 Å². The van der Waals surface area contributed by atoms with Gasteiger partial charge in [0, 0.05) is 53.7 Å². The summed E-state index contributed by atoms with van der Waals surface area (Å²) in [5, 5.41) is 21.0. The van der Waals surface area contributed by atoms with Gasteiger partial charge in [0.15, 0.2) is 0 Å². The van der Waals surface area contributed by atoms with E-state index in [-0.39, 0.29) is 11.5 Å². The molecule has 0 saturated heterocycles. The standard InChI is InChI=1S/C16H18INO4S/c1-8-5-11(18-23-17)9(2)14(16(8)20)15-12(19)6-10(21-3)7-13(15)22-4/h5-7,18-20H,1-4H3. The number of rotatable bonds is 5. The molecule has 0 radical (unpaired) electrons. The summed E-state index contributed by atoms with van der Waals surface area (Å²) >= 11 is 2.14. The van der Waals surface area contributed by atoms with Crippen LogP contribution >= 0.6 is 30.3 Å². The molecule has 0 heterocycles. The molecule has 2 aromatic rings. The van der Waals surface area contributed by atoms with E-state index < -0.39 is 0 Å². The van der Waals surface area contributed by atoms with Crippen molar-refractivity contribution in [3.05, 3.63) is 29.3 Å². The molecule has 7 heteroatoms. The molecule has 0 saturated carbocycles. The number of hydrogen-bond donors (Lipinski definition) is 3. The number of phenols is 2. The minimum atomic E-state index is -0.0155. The van der Waals surface area contributed by atoms with Gasteiger partial charge in [-0.15, -0.1) is 0 Å². The van der Waals surface area contributed by atoms with Crippen LogP contribution in [0.25, 0.3) is 11.1 Å². The lowest BCUT2D eigenvalue weighted by Crippen LogP contribution is -1.97. The lowest BCUT2D eigenvalue weighted by molar-refractivity contribution is 0.386. The van der Waals surface area contributed by atoms with E-state index in [1.54, 1.807) is 6.07 Å². The molecule has 0 spiro atoms. The van der Waals surface area contributed by atoms with E-state index in [4.69, 9.17) is 9.47 Å². The molecule has 0 fully saturated rings.